The number of nitrogens with zero attached hydrogens (tertiary/aromatic N) is 1. The summed E-state index contributed by atoms with van der Waals surface area (Å²) < 4.78 is 6.53. The van der Waals surface area contributed by atoms with Gasteiger partial charge in [0.05, 0.1) is 17.9 Å². The van der Waals surface area contributed by atoms with Crippen LogP contribution in [0.25, 0.3) is 0 Å². The zero-order chi connectivity index (χ0) is 26.6. The molecule has 2 N–H and O–H groups in total. The zero-order valence-electron chi connectivity index (χ0n) is 22.2. The molecule has 0 unspecified atom stereocenters. The van der Waals surface area contributed by atoms with Crippen molar-refractivity contribution in [3.8, 4) is 0 Å². The molecule has 1 aromatic carbocycles. The van der Waals surface area contributed by atoms with E-state index in [0.717, 1.165) is 44.9 Å². The smallest absolute Gasteiger partial charge is 0.246 e. The number of ether oxygens (including phenoxy) is 1. The van der Waals surface area contributed by atoms with Gasteiger partial charge in [-0.2, -0.15) is 0 Å². The molecule has 2 saturated carbocycles. The van der Waals surface area contributed by atoms with Gasteiger partial charge in [0.15, 0.2) is 0 Å². The minimum atomic E-state index is -1.12. The summed E-state index contributed by atoms with van der Waals surface area (Å²) in [5.74, 6) is -1.23. The van der Waals surface area contributed by atoms with E-state index in [1.54, 1.807) is 24.3 Å². The third kappa shape index (κ3) is 4.17. The first-order valence-electron chi connectivity index (χ1n) is 14.4. The topological polar surface area (TPSA) is 87.7 Å². The SMILES string of the molecule is C[C@H]1[C@H](C)CCC[C@@H]1N1C(=O)[C@@H]2[C@H](C(=O)Nc3ccc(Cl)cc3)[C@@H]3C=C[C@@]2(O3)[C@@H]1C(=O)NC1CCCCC1. The summed E-state index contributed by atoms with van der Waals surface area (Å²) in [5, 5.41) is 6.84. The Morgan fingerprint density at radius 2 is 1.74 bits per heavy atom. The quantitative estimate of drug-likeness (QED) is 0.531. The van der Waals surface area contributed by atoms with E-state index in [9.17, 15) is 14.4 Å². The van der Waals surface area contributed by atoms with E-state index >= 15 is 0 Å². The molecule has 38 heavy (non-hydrogen) atoms. The second-order valence-electron chi connectivity index (χ2n) is 12.1. The van der Waals surface area contributed by atoms with Crippen molar-refractivity contribution in [1.29, 1.82) is 0 Å². The van der Waals surface area contributed by atoms with Crippen LogP contribution in [-0.2, 0) is 19.1 Å². The molecule has 7 nitrogen and oxygen atoms in total. The van der Waals surface area contributed by atoms with Gasteiger partial charge in [-0.05, 0) is 55.4 Å². The van der Waals surface area contributed by atoms with Crippen molar-refractivity contribution in [2.24, 2.45) is 23.7 Å². The highest BCUT2D eigenvalue weighted by Gasteiger charge is 2.73. The Morgan fingerprint density at radius 3 is 2.47 bits per heavy atom. The molecular weight excluding hydrogens is 502 g/mol. The lowest BCUT2D eigenvalue weighted by molar-refractivity contribution is -0.146. The molecule has 2 bridgehead atoms. The first-order chi connectivity index (χ1) is 18.3. The van der Waals surface area contributed by atoms with Crippen molar-refractivity contribution in [2.45, 2.75) is 95.0 Å². The number of hydrogen-bond donors (Lipinski definition) is 2. The van der Waals surface area contributed by atoms with Gasteiger partial charge in [-0.15, -0.1) is 0 Å². The third-order valence-electron chi connectivity index (χ3n) is 9.95. The molecule has 8 atom stereocenters. The van der Waals surface area contributed by atoms with Crippen LogP contribution in [0.4, 0.5) is 5.69 Å². The second kappa shape index (κ2) is 9.98. The number of halogens is 1. The van der Waals surface area contributed by atoms with Gasteiger partial charge in [0, 0.05) is 22.8 Å². The first kappa shape index (κ1) is 25.9. The molecule has 3 amide bonds. The number of carbonyl (C=O) groups is 3. The predicted molar refractivity (Wildman–Crippen MR) is 145 cm³/mol. The van der Waals surface area contributed by atoms with Crippen molar-refractivity contribution >= 4 is 35.0 Å². The van der Waals surface area contributed by atoms with Gasteiger partial charge in [0.2, 0.25) is 17.7 Å². The number of rotatable bonds is 5. The first-order valence-corrected chi connectivity index (χ1v) is 14.7. The standard InChI is InChI=1S/C30H38ClN3O4/c1-17-7-6-10-22(18(17)2)34-26(28(36)33-20-8-4-3-5-9-20)30-16-15-23(38-30)24(25(30)29(34)37)27(35)32-21-13-11-19(31)12-14-21/h11-18,20,22-26H,3-10H2,1-2H3,(H,32,35)(H,33,36)/t17-,18+,22+,23+,24-,25+,26+,30+/m1/s1. The highest BCUT2D eigenvalue weighted by Crippen LogP contribution is 2.56. The summed E-state index contributed by atoms with van der Waals surface area (Å²) in [6, 6.07) is 6.23. The summed E-state index contributed by atoms with van der Waals surface area (Å²) in [6.07, 6.45) is 11.6. The molecule has 0 radical (unpaired) electrons. The van der Waals surface area contributed by atoms with E-state index in [1.807, 2.05) is 17.1 Å². The van der Waals surface area contributed by atoms with Crippen molar-refractivity contribution < 1.29 is 19.1 Å². The number of carbonyl (C=O) groups excluding carboxylic acids is 3. The number of fused-ring (bicyclic) bond motifs is 1. The van der Waals surface area contributed by atoms with Crippen LogP contribution in [0.5, 0.6) is 0 Å². The lowest BCUT2D eigenvalue weighted by Crippen LogP contribution is -2.60. The number of likely N-dealkylation sites (tertiary alicyclic amines) is 1. The number of anilines is 1. The van der Waals surface area contributed by atoms with Crippen molar-refractivity contribution in [3.05, 3.63) is 41.4 Å². The Morgan fingerprint density at radius 1 is 1.00 bits per heavy atom. The summed E-state index contributed by atoms with van der Waals surface area (Å²) in [4.78, 5) is 44.0. The maximum atomic E-state index is 14.4. The third-order valence-corrected chi connectivity index (χ3v) is 10.2. The highest BCUT2D eigenvalue weighted by atomic mass is 35.5. The van der Waals surface area contributed by atoms with E-state index < -0.39 is 29.6 Å². The minimum absolute atomic E-state index is 0.0515. The van der Waals surface area contributed by atoms with Crippen LogP contribution >= 0.6 is 11.6 Å². The Bertz CT molecular complexity index is 1130. The summed E-state index contributed by atoms with van der Waals surface area (Å²) in [5.41, 5.74) is -0.507. The average molecular weight is 540 g/mol. The molecule has 4 fully saturated rings. The van der Waals surface area contributed by atoms with Crippen LogP contribution in [0.15, 0.2) is 36.4 Å². The van der Waals surface area contributed by atoms with Crippen molar-refractivity contribution in [2.75, 3.05) is 5.32 Å². The van der Waals surface area contributed by atoms with Gasteiger partial charge in [0.25, 0.3) is 0 Å². The summed E-state index contributed by atoms with van der Waals surface area (Å²) in [7, 11) is 0. The number of benzene rings is 1. The Kier molecular flexibility index (Phi) is 6.79. The van der Waals surface area contributed by atoms with Crippen LogP contribution in [0.1, 0.15) is 65.2 Å². The fourth-order valence-corrected chi connectivity index (χ4v) is 7.92. The molecule has 3 heterocycles. The van der Waals surface area contributed by atoms with Gasteiger partial charge in [-0.25, -0.2) is 0 Å². The van der Waals surface area contributed by atoms with Crippen LogP contribution in [0, 0.1) is 23.7 Å². The predicted octanol–water partition coefficient (Wildman–Crippen LogP) is 4.70. The van der Waals surface area contributed by atoms with Gasteiger partial charge in [-0.3, -0.25) is 14.4 Å². The molecule has 3 aliphatic heterocycles. The van der Waals surface area contributed by atoms with E-state index in [2.05, 4.69) is 24.5 Å². The Hall–Kier alpha value is -2.38. The van der Waals surface area contributed by atoms with Crippen LogP contribution in [-0.4, -0.2) is 52.5 Å². The fraction of sp³-hybridized carbons (Fsp3) is 0.633. The van der Waals surface area contributed by atoms with E-state index in [0.29, 0.717) is 16.6 Å². The normalized spacial score (nSPS) is 38.3. The fourth-order valence-electron chi connectivity index (χ4n) is 7.80. The van der Waals surface area contributed by atoms with E-state index in [-0.39, 0.29) is 35.7 Å². The molecule has 2 saturated heterocycles. The van der Waals surface area contributed by atoms with Crippen LogP contribution in [0.3, 0.4) is 0 Å². The van der Waals surface area contributed by atoms with E-state index in [1.165, 1.54) is 6.42 Å². The molecule has 8 heteroatoms. The molecule has 0 aromatic heterocycles. The van der Waals surface area contributed by atoms with Crippen molar-refractivity contribution in [3.63, 3.8) is 0 Å². The van der Waals surface area contributed by atoms with Gasteiger partial charge in [-0.1, -0.05) is 69.7 Å². The van der Waals surface area contributed by atoms with Crippen LogP contribution < -0.4 is 10.6 Å². The van der Waals surface area contributed by atoms with Gasteiger partial charge < -0.3 is 20.3 Å². The minimum Gasteiger partial charge on any atom is -0.359 e. The zero-order valence-corrected chi connectivity index (χ0v) is 23.0. The molecule has 2 aliphatic carbocycles. The average Bonchev–Trinajstić information content (AvgIpc) is 3.55. The van der Waals surface area contributed by atoms with Gasteiger partial charge in [0.1, 0.15) is 11.6 Å². The largest absolute Gasteiger partial charge is 0.359 e. The molecule has 5 aliphatic rings. The lowest BCUT2D eigenvalue weighted by Gasteiger charge is -2.44. The molecule has 6 rings (SSSR count). The monoisotopic (exact) mass is 539 g/mol. The second-order valence-corrected chi connectivity index (χ2v) is 12.6. The number of amides is 3. The molecule has 204 valence electrons. The highest BCUT2D eigenvalue weighted by molar-refractivity contribution is 6.30. The number of hydrogen-bond acceptors (Lipinski definition) is 4. The lowest BCUT2D eigenvalue weighted by atomic mass is 9.74. The summed E-state index contributed by atoms with van der Waals surface area (Å²) in [6.45, 7) is 4.43. The van der Waals surface area contributed by atoms with Gasteiger partial charge >= 0.3 is 0 Å². The van der Waals surface area contributed by atoms with Crippen LogP contribution in [0.2, 0.25) is 5.02 Å². The molecular formula is C30H38ClN3O4. The summed E-state index contributed by atoms with van der Waals surface area (Å²) >= 11 is 6.02. The Balaban J connectivity index is 1.34. The molecule has 1 spiro atoms. The Labute approximate surface area is 229 Å². The molecule has 1 aromatic rings. The van der Waals surface area contributed by atoms with Crippen molar-refractivity contribution in [1.82, 2.24) is 10.2 Å². The maximum Gasteiger partial charge on any atom is 0.246 e. The maximum absolute atomic E-state index is 14.4. The van der Waals surface area contributed by atoms with E-state index in [4.69, 9.17) is 16.3 Å². The number of nitrogens with one attached hydrogen (secondary N) is 2.